The number of ether oxygens (including phenoxy) is 4. The van der Waals surface area contributed by atoms with E-state index in [9.17, 15) is 10.3 Å². The zero-order chi connectivity index (χ0) is 20.3. The molecule has 0 bridgehead atoms. The topological polar surface area (TPSA) is 89.7 Å². The summed E-state index contributed by atoms with van der Waals surface area (Å²) >= 11 is 0. The number of rotatable bonds is 6. The van der Waals surface area contributed by atoms with Crippen molar-refractivity contribution in [2.45, 2.75) is 12.5 Å². The number of hydrogen-bond donors (Lipinski definition) is 2. The van der Waals surface area contributed by atoms with Gasteiger partial charge in [0.25, 0.3) is 0 Å². The third-order valence-electron chi connectivity index (χ3n) is 4.77. The number of nitrogens with zero attached hydrogens (tertiary/aromatic N) is 1. The van der Waals surface area contributed by atoms with E-state index in [0.29, 0.717) is 34.8 Å². The van der Waals surface area contributed by atoms with Crippen LogP contribution >= 0.6 is 0 Å². The molecule has 0 aromatic heterocycles. The molecule has 2 aromatic rings. The Morgan fingerprint density at radius 3 is 1.90 bits per heavy atom. The van der Waals surface area contributed by atoms with E-state index in [4.69, 9.17) is 18.9 Å². The summed E-state index contributed by atoms with van der Waals surface area (Å²) in [7, 11) is 6.20. The van der Waals surface area contributed by atoms with E-state index in [0.717, 1.165) is 16.9 Å². The van der Waals surface area contributed by atoms with Gasteiger partial charge in [0.2, 0.25) is 5.75 Å². The SMILES string of the molecule is COc1ccc(C2=C(c3cc(OC)c(OC)c(OC)c3)/C(=N\O)C(O)C2)cc1.[Ac]. The summed E-state index contributed by atoms with van der Waals surface area (Å²) in [6.45, 7) is 0. The molecule has 1 radical (unpaired) electrons. The number of methoxy groups -OCH3 is 4. The third-order valence-corrected chi connectivity index (χ3v) is 4.77. The molecule has 1 aliphatic carbocycles. The van der Waals surface area contributed by atoms with Gasteiger partial charge in [0.15, 0.2) is 11.5 Å². The molecule has 1 aliphatic rings. The number of benzene rings is 2. The minimum atomic E-state index is -0.920. The summed E-state index contributed by atoms with van der Waals surface area (Å²) in [4.78, 5) is 0. The zero-order valence-corrected chi connectivity index (χ0v) is 21.5. The largest absolute Gasteiger partial charge is 0.497 e. The first-order valence-electron chi connectivity index (χ1n) is 8.66. The van der Waals surface area contributed by atoms with Crippen LogP contribution in [0.4, 0.5) is 0 Å². The number of aliphatic hydroxyl groups is 1. The summed E-state index contributed by atoms with van der Waals surface area (Å²) < 4.78 is 21.5. The fraction of sp³-hybridized carbons (Fsp3) is 0.286. The molecule has 29 heavy (non-hydrogen) atoms. The average molecular weight is 612 g/mol. The summed E-state index contributed by atoms with van der Waals surface area (Å²) in [5.74, 6) is 2.13. The van der Waals surface area contributed by atoms with Gasteiger partial charge in [0.05, 0.1) is 28.4 Å². The Hall–Kier alpha value is -1.75. The smallest absolute Gasteiger partial charge is 0.203 e. The monoisotopic (exact) mass is 612 g/mol. The molecule has 0 saturated heterocycles. The molecule has 151 valence electrons. The van der Waals surface area contributed by atoms with Gasteiger partial charge in [-0.15, -0.1) is 0 Å². The van der Waals surface area contributed by atoms with E-state index in [1.807, 2.05) is 24.3 Å². The van der Waals surface area contributed by atoms with Crippen LogP contribution in [0, 0.1) is 44.1 Å². The van der Waals surface area contributed by atoms with E-state index >= 15 is 0 Å². The van der Waals surface area contributed by atoms with Crippen molar-refractivity contribution >= 4 is 16.9 Å². The maximum Gasteiger partial charge on any atom is 0.203 e. The van der Waals surface area contributed by atoms with Crippen molar-refractivity contribution in [3.8, 4) is 23.0 Å². The first kappa shape index (κ1) is 23.5. The summed E-state index contributed by atoms with van der Waals surface area (Å²) in [5.41, 5.74) is 3.24. The Kier molecular flexibility index (Phi) is 8.38. The van der Waals surface area contributed by atoms with Crippen LogP contribution in [0.25, 0.3) is 11.1 Å². The standard InChI is InChI=1S/C21H23NO6.Ac/c1-25-14-7-5-12(6-8-14)15-11-16(23)20(22-24)19(15)13-9-17(26-2)21(28-4)18(10-13)27-3;/h5-10,16,23-24H,11H2,1-4H3;/b22-20-;. The summed E-state index contributed by atoms with van der Waals surface area (Å²) in [5, 5.41) is 23.4. The molecule has 0 spiro atoms. The molecule has 0 heterocycles. The maximum atomic E-state index is 10.5. The fourth-order valence-corrected chi connectivity index (χ4v) is 3.43. The molecule has 8 heteroatoms. The predicted molar refractivity (Wildman–Crippen MR) is 106 cm³/mol. The first-order chi connectivity index (χ1) is 13.6. The van der Waals surface area contributed by atoms with Gasteiger partial charge in [-0.1, -0.05) is 17.3 Å². The second-order valence-electron chi connectivity index (χ2n) is 6.20. The van der Waals surface area contributed by atoms with Gasteiger partial charge in [0.1, 0.15) is 17.6 Å². The van der Waals surface area contributed by atoms with Crippen molar-refractivity contribution in [1.82, 2.24) is 0 Å². The van der Waals surface area contributed by atoms with E-state index in [1.165, 1.54) is 21.3 Å². The van der Waals surface area contributed by atoms with Crippen LogP contribution < -0.4 is 18.9 Å². The van der Waals surface area contributed by atoms with Crippen LogP contribution in [0.3, 0.4) is 0 Å². The minimum Gasteiger partial charge on any atom is -0.497 e. The van der Waals surface area contributed by atoms with Gasteiger partial charge in [-0.05, 0) is 41.0 Å². The van der Waals surface area contributed by atoms with Crippen molar-refractivity contribution in [3.05, 3.63) is 47.5 Å². The second-order valence-corrected chi connectivity index (χ2v) is 6.20. The first-order valence-corrected chi connectivity index (χ1v) is 8.66. The molecule has 1 unspecified atom stereocenters. The summed E-state index contributed by atoms with van der Waals surface area (Å²) in [6, 6.07) is 11.0. The summed E-state index contributed by atoms with van der Waals surface area (Å²) in [6.07, 6.45) is -0.603. The number of hydrogen-bond acceptors (Lipinski definition) is 7. The van der Waals surface area contributed by atoms with E-state index in [2.05, 4.69) is 5.16 Å². The molecular formula is C21H23AcNO6. The number of aliphatic hydroxyl groups excluding tert-OH is 1. The van der Waals surface area contributed by atoms with E-state index in [-0.39, 0.29) is 49.8 Å². The Morgan fingerprint density at radius 2 is 1.45 bits per heavy atom. The van der Waals surface area contributed by atoms with Gasteiger partial charge in [-0.25, -0.2) is 0 Å². The van der Waals surface area contributed by atoms with Crippen LogP contribution in [0.2, 0.25) is 0 Å². The molecule has 2 N–H and O–H groups in total. The average Bonchev–Trinajstić information content (AvgIpc) is 3.08. The van der Waals surface area contributed by atoms with Crippen LogP contribution in [-0.2, 0) is 0 Å². The maximum absolute atomic E-state index is 10.5. The Bertz CT molecular complexity index is 898. The quantitative estimate of drug-likeness (QED) is 0.385. The molecular weight excluding hydrogens is 589 g/mol. The van der Waals surface area contributed by atoms with Gasteiger partial charge < -0.3 is 29.3 Å². The van der Waals surface area contributed by atoms with Crippen molar-refractivity contribution in [2.24, 2.45) is 5.16 Å². The molecule has 1 atom stereocenters. The van der Waals surface area contributed by atoms with Crippen LogP contribution in [0.5, 0.6) is 23.0 Å². The molecule has 0 fully saturated rings. The van der Waals surface area contributed by atoms with Gasteiger partial charge >= 0.3 is 0 Å². The fourth-order valence-electron chi connectivity index (χ4n) is 3.43. The van der Waals surface area contributed by atoms with Gasteiger partial charge in [-0.2, -0.15) is 0 Å². The minimum absolute atomic E-state index is 0. The normalized spacial score (nSPS) is 17.1. The Balaban J connectivity index is 0.00000300. The van der Waals surface area contributed by atoms with Crippen LogP contribution in [-0.4, -0.2) is 50.6 Å². The van der Waals surface area contributed by atoms with Gasteiger partial charge in [0, 0.05) is 56.1 Å². The Morgan fingerprint density at radius 1 is 0.862 bits per heavy atom. The molecule has 2 aromatic carbocycles. The zero-order valence-electron chi connectivity index (χ0n) is 16.8. The van der Waals surface area contributed by atoms with Crippen molar-refractivity contribution in [3.63, 3.8) is 0 Å². The van der Waals surface area contributed by atoms with E-state index in [1.54, 1.807) is 19.2 Å². The predicted octanol–water partition coefficient (Wildman–Crippen LogP) is 3.23. The molecule has 3 rings (SSSR count). The van der Waals surface area contributed by atoms with Crippen LogP contribution in [0.1, 0.15) is 17.5 Å². The second kappa shape index (κ2) is 10.3. The van der Waals surface area contributed by atoms with Crippen molar-refractivity contribution in [1.29, 1.82) is 0 Å². The van der Waals surface area contributed by atoms with Crippen LogP contribution in [0.15, 0.2) is 41.6 Å². The van der Waals surface area contributed by atoms with Gasteiger partial charge in [-0.3, -0.25) is 0 Å². The van der Waals surface area contributed by atoms with Crippen molar-refractivity contribution < 1.29 is 73.3 Å². The molecule has 0 amide bonds. The molecule has 0 aliphatic heterocycles. The molecule has 0 saturated carbocycles. The number of oxime groups is 1. The van der Waals surface area contributed by atoms with Crippen molar-refractivity contribution in [2.75, 3.05) is 28.4 Å². The Labute approximate surface area is 205 Å². The van der Waals surface area contributed by atoms with E-state index < -0.39 is 6.10 Å². The third kappa shape index (κ3) is 4.55. The molecule has 7 nitrogen and oxygen atoms in total.